The molecule has 2 unspecified atom stereocenters. The molecule has 1 aliphatic heterocycles. The molecule has 100 valence electrons. The molecular weight excluding hydrogens is 250 g/mol. The molecule has 1 heterocycles. The first-order valence-corrected chi connectivity index (χ1v) is 6.82. The van der Waals surface area contributed by atoms with Crippen molar-refractivity contribution < 1.29 is 9.47 Å². The first-order valence-electron chi connectivity index (χ1n) is 6.44. The zero-order valence-electron chi connectivity index (χ0n) is 10.9. The van der Waals surface area contributed by atoms with Crippen LogP contribution in [0.4, 0.5) is 0 Å². The fraction of sp³-hybridized carbons (Fsp3) is 0.571. The van der Waals surface area contributed by atoms with E-state index in [0.717, 1.165) is 31.6 Å². The molecule has 18 heavy (non-hydrogen) atoms. The molecule has 0 bridgehead atoms. The van der Waals surface area contributed by atoms with Gasteiger partial charge in [0.2, 0.25) is 0 Å². The van der Waals surface area contributed by atoms with E-state index >= 15 is 0 Å². The number of benzene rings is 1. The minimum absolute atomic E-state index is 0.209. The second-order valence-electron chi connectivity index (χ2n) is 4.48. The van der Waals surface area contributed by atoms with Crippen LogP contribution in [-0.4, -0.2) is 26.4 Å². The Labute approximate surface area is 113 Å². The summed E-state index contributed by atoms with van der Waals surface area (Å²) in [6.45, 7) is 3.87. The molecule has 1 fully saturated rings. The quantitative estimate of drug-likeness (QED) is 0.891. The Morgan fingerprint density at radius 1 is 1.56 bits per heavy atom. The third-order valence-corrected chi connectivity index (χ3v) is 3.59. The summed E-state index contributed by atoms with van der Waals surface area (Å²) in [5, 5.41) is 4.13. The van der Waals surface area contributed by atoms with Crippen molar-refractivity contribution >= 4 is 11.6 Å². The van der Waals surface area contributed by atoms with Crippen molar-refractivity contribution in [3.63, 3.8) is 0 Å². The molecule has 1 aromatic rings. The highest BCUT2D eigenvalue weighted by Crippen LogP contribution is 2.32. The van der Waals surface area contributed by atoms with Crippen LogP contribution in [0.3, 0.4) is 0 Å². The topological polar surface area (TPSA) is 30.5 Å². The molecule has 0 radical (unpaired) electrons. The zero-order valence-corrected chi connectivity index (χ0v) is 11.7. The number of nitrogens with one attached hydrogen (secondary N) is 1. The van der Waals surface area contributed by atoms with E-state index in [0.29, 0.717) is 10.8 Å². The molecule has 2 atom stereocenters. The molecule has 0 saturated carbocycles. The van der Waals surface area contributed by atoms with Crippen LogP contribution >= 0.6 is 11.6 Å². The molecule has 3 nitrogen and oxygen atoms in total. The maximum Gasteiger partial charge on any atom is 0.137 e. The van der Waals surface area contributed by atoms with Gasteiger partial charge in [0.1, 0.15) is 5.75 Å². The van der Waals surface area contributed by atoms with E-state index in [9.17, 15) is 0 Å². The monoisotopic (exact) mass is 269 g/mol. The highest BCUT2D eigenvalue weighted by molar-refractivity contribution is 6.32. The van der Waals surface area contributed by atoms with Crippen LogP contribution in [0.2, 0.25) is 5.02 Å². The molecule has 0 amide bonds. The summed E-state index contributed by atoms with van der Waals surface area (Å²) in [5.41, 5.74) is 1.16. The number of hydrogen-bond donors (Lipinski definition) is 1. The van der Waals surface area contributed by atoms with Crippen LogP contribution in [0, 0.1) is 0 Å². The molecule has 1 N–H and O–H groups in total. The fourth-order valence-corrected chi connectivity index (χ4v) is 2.69. The molecular formula is C14H20ClNO2. The van der Waals surface area contributed by atoms with Gasteiger partial charge < -0.3 is 14.8 Å². The predicted octanol–water partition coefficient (Wildman–Crippen LogP) is 3.18. The molecule has 0 spiro atoms. The van der Waals surface area contributed by atoms with Crippen LogP contribution in [-0.2, 0) is 4.74 Å². The summed E-state index contributed by atoms with van der Waals surface area (Å²) >= 11 is 6.19. The van der Waals surface area contributed by atoms with Gasteiger partial charge in [-0.2, -0.15) is 0 Å². The molecule has 0 aliphatic carbocycles. The molecule has 1 aliphatic rings. The van der Waals surface area contributed by atoms with Crippen LogP contribution in [0.15, 0.2) is 18.2 Å². The summed E-state index contributed by atoms with van der Waals surface area (Å²) < 4.78 is 11.0. The highest BCUT2D eigenvalue weighted by Gasteiger charge is 2.27. The van der Waals surface area contributed by atoms with Gasteiger partial charge in [-0.3, -0.25) is 0 Å². The van der Waals surface area contributed by atoms with Gasteiger partial charge in [-0.15, -0.1) is 0 Å². The van der Waals surface area contributed by atoms with Crippen molar-refractivity contribution in [3.8, 4) is 5.75 Å². The van der Waals surface area contributed by atoms with Gasteiger partial charge >= 0.3 is 0 Å². The smallest absolute Gasteiger partial charge is 0.137 e. The third kappa shape index (κ3) is 2.97. The lowest BCUT2D eigenvalue weighted by Gasteiger charge is -2.24. The highest BCUT2D eigenvalue weighted by atomic mass is 35.5. The van der Waals surface area contributed by atoms with Crippen LogP contribution in [0.25, 0.3) is 0 Å². The minimum atomic E-state index is 0.209. The van der Waals surface area contributed by atoms with Gasteiger partial charge in [0.15, 0.2) is 0 Å². The van der Waals surface area contributed by atoms with Gasteiger partial charge in [0.25, 0.3) is 0 Å². The Morgan fingerprint density at radius 2 is 2.39 bits per heavy atom. The number of methoxy groups -OCH3 is 1. The second-order valence-corrected chi connectivity index (χ2v) is 4.89. The Morgan fingerprint density at radius 3 is 2.94 bits per heavy atom. The summed E-state index contributed by atoms with van der Waals surface area (Å²) in [7, 11) is 1.63. The number of halogens is 1. The average Bonchev–Trinajstić information content (AvgIpc) is 2.89. The van der Waals surface area contributed by atoms with E-state index in [1.165, 1.54) is 0 Å². The first kappa shape index (κ1) is 13.7. The predicted molar refractivity (Wildman–Crippen MR) is 73.4 cm³/mol. The van der Waals surface area contributed by atoms with Gasteiger partial charge in [-0.1, -0.05) is 24.6 Å². The van der Waals surface area contributed by atoms with E-state index in [2.05, 4.69) is 18.3 Å². The van der Waals surface area contributed by atoms with Crippen LogP contribution < -0.4 is 10.1 Å². The van der Waals surface area contributed by atoms with Gasteiger partial charge in [0.05, 0.1) is 24.3 Å². The van der Waals surface area contributed by atoms with E-state index in [4.69, 9.17) is 21.1 Å². The molecule has 2 rings (SSSR count). The van der Waals surface area contributed by atoms with Crippen molar-refractivity contribution in [2.24, 2.45) is 0 Å². The summed E-state index contributed by atoms with van der Waals surface area (Å²) in [6, 6.07) is 6.15. The Hall–Kier alpha value is -0.770. The Bertz CT molecular complexity index is 391. The van der Waals surface area contributed by atoms with Crippen LogP contribution in [0.1, 0.15) is 31.4 Å². The average molecular weight is 270 g/mol. The number of likely N-dealkylation sites (N-methyl/N-ethyl adjacent to an activating group) is 1. The zero-order chi connectivity index (χ0) is 13.0. The molecule has 0 aromatic heterocycles. The lowest BCUT2D eigenvalue weighted by Crippen LogP contribution is -2.31. The fourth-order valence-electron chi connectivity index (χ4n) is 2.43. The van der Waals surface area contributed by atoms with E-state index in [1.54, 1.807) is 7.11 Å². The third-order valence-electron chi connectivity index (χ3n) is 3.30. The van der Waals surface area contributed by atoms with Crippen molar-refractivity contribution in [1.82, 2.24) is 5.32 Å². The summed E-state index contributed by atoms with van der Waals surface area (Å²) in [6.07, 6.45) is 2.48. The van der Waals surface area contributed by atoms with E-state index in [1.807, 2.05) is 12.1 Å². The lowest BCUT2D eigenvalue weighted by atomic mass is 9.99. The van der Waals surface area contributed by atoms with Gasteiger partial charge in [-0.25, -0.2) is 0 Å². The Balaban J connectivity index is 2.21. The SMILES string of the molecule is CCNC(c1ccc(OC)c(Cl)c1)C1CCCO1. The van der Waals surface area contributed by atoms with Gasteiger partial charge in [-0.05, 0) is 37.1 Å². The van der Waals surface area contributed by atoms with Crippen LogP contribution in [0.5, 0.6) is 5.75 Å². The lowest BCUT2D eigenvalue weighted by molar-refractivity contribution is 0.0788. The largest absolute Gasteiger partial charge is 0.495 e. The summed E-state index contributed by atoms with van der Waals surface area (Å²) in [4.78, 5) is 0. The maximum atomic E-state index is 6.19. The van der Waals surface area contributed by atoms with Crippen molar-refractivity contribution in [2.45, 2.75) is 31.9 Å². The van der Waals surface area contributed by atoms with E-state index in [-0.39, 0.29) is 12.1 Å². The standard InChI is InChI=1S/C14H20ClNO2/c1-3-16-14(13-5-4-8-18-13)10-6-7-12(17-2)11(15)9-10/h6-7,9,13-14,16H,3-5,8H2,1-2H3. The normalized spacial score (nSPS) is 20.9. The maximum absolute atomic E-state index is 6.19. The number of rotatable bonds is 5. The molecule has 1 saturated heterocycles. The Kier molecular flexibility index (Phi) is 4.87. The number of ether oxygens (including phenoxy) is 2. The van der Waals surface area contributed by atoms with Crippen molar-refractivity contribution in [2.75, 3.05) is 20.3 Å². The van der Waals surface area contributed by atoms with Gasteiger partial charge in [0, 0.05) is 6.61 Å². The number of hydrogen-bond acceptors (Lipinski definition) is 3. The molecule has 1 aromatic carbocycles. The van der Waals surface area contributed by atoms with E-state index < -0.39 is 0 Å². The van der Waals surface area contributed by atoms with Crippen molar-refractivity contribution in [3.05, 3.63) is 28.8 Å². The minimum Gasteiger partial charge on any atom is -0.495 e. The second kappa shape index (κ2) is 6.41. The molecule has 4 heteroatoms. The summed E-state index contributed by atoms with van der Waals surface area (Å²) in [5.74, 6) is 0.711. The first-order chi connectivity index (χ1) is 8.76. The van der Waals surface area contributed by atoms with Crippen molar-refractivity contribution in [1.29, 1.82) is 0 Å².